The van der Waals surface area contributed by atoms with Crippen LogP contribution in [0, 0.1) is 0 Å². The molecule has 0 bridgehead atoms. The Morgan fingerprint density at radius 3 is 2.25 bits per heavy atom. The lowest BCUT2D eigenvalue weighted by Crippen LogP contribution is -2.38. The second kappa shape index (κ2) is 9.23. The summed E-state index contributed by atoms with van der Waals surface area (Å²) in [6.45, 7) is 0.734. The molecule has 0 saturated carbocycles. The largest absolute Gasteiger partial charge is 0.416 e. The standard InChI is InChI=1S/C22H20F6N2O2/c1-13(31)30-18(8-15-10-29-20-5-3-2-4-19(15)20)12-32-11-14-6-16(21(23,24)25)9-17(7-14)22(26,27)28/h2-7,9-10,18,29H,8,11-12H2,1H3,(H,30,31). The minimum atomic E-state index is -4.93. The number of amides is 1. The minimum Gasteiger partial charge on any atom is -0.375 e. The van der Waals surface area contributed by atoms with Crippen LogP contribution in [-0.2, 0) is 34.9 Å². The van der Waals surface area contributed by atoms with Crippen LogP contribution in [0.2, 0.25) is 0 Å². The van der Waals surface area contributed by atoms with Crippen molar-refractivity contribution in [3.05, 3.63) is 70.9 Å². The van der Waals surface area contributed by atoms with Crippen molar-refractivity contribution >= 4 is 16.8 Å². The van der Waals surface area contributed by atoms with Crippen molar-refractivity contribution in [1.82, 2.24) is 10.3 Å². The van der Waals surface area contributed by atoms with Gasteiger partial charge in [-0.05, 0) is 41.8 Å². The number of hydrogen-bond acceptors (Lipinski definition) is 2. The van der Waals surface area contributed by atoms with E-state index in [9.17, 15) is 31.1 Å². The van der Waals surface area contributed by atoms with Gasteiger partial charge in [-0.2, -0.15) is 26.3 Å². The quantitative estimate of drug-likeness (QED) is 0.462. The van der Waals surface area contributed by atoms with Crippen molar-refractivity contribution in [1.29, 1.82) is 0 Å². The minimum absolute atomic E-state index is 0.0701. The number of alkyl halides is 6. The van der Waals surface area contributed by atoms with Gasteiger partial charge in [0.2, 0.25) is 5.91 Å². The van der Waals surface area contributed by atoms with Crippen LogP contribution in [0.3, 0.4) is 0 Å². The number of hydrogen-bond donors (Lipinski definition) is 2. The molecule has 0 spiro atoms. The maximum atomic E-state index is 13.0. The summed E-state index contributed by atoms with van der Waals surface area (Å²) in [6, 6.07) is 8.30. The molecule has 0 saturated heterocycles. The first-order valence-electron chi connectivity index (χ1n) is 9.61. The Morgan fingerprint density at radius 1 is 1.03 bits per heavy atom. The van der Waals surface area contributed by atoms with Gasteiger partial charge in [-0.1, -0.05) is 18.2 Å². The van der Waals surface area contributed by atoms with Gasteiger partial charge in [-0.25, -0.2) is 0 Å². The highest BCUT2D eigenvalue weighted by atomic mass is 19.4. The van der Waals surface area contributed by atoms with Gasteiger partial charge in [0, 0.05) is 24.0 Å². The summed E-state index contributed by atoms with van der Waals surface area (Å²) in [7, 11) is 0. The van der Waals surface area contributed by atoms with Gasteiger partial charge in [-0.15, -0.1) is 0 Å². The SMILES string of the molecule is CC(=O)NC(COCc1cc(C(F)(F)F)cc(C(F)(F)F)c1)Cc1c[nH]c2ccccc12. The first-order chi connectivity index (χ1) is 14.9. The van der Waals surface area contributed by atoms with Crippen LogP contribution in [0.5, 0.6) is 0 Å². The zero-order valence-corrected chi connectivity index (χ0v) is 16.9. The molecule has 2 N–H and O–H groups in total. The summed E-state index contributed by atoms with van der Waals surface area (Å²) >= 11 is 0. The Balaban J connectivity index is 1.73. The van der Waals surface area contributed by atoms with Gasteiger partial charge < -0.3 is 15.0 Å². The van der Waals surface area contributed by atoms with E-state index >= 15 is 0 Å². The Bertz CT molecular complexity index is 1060. The van der Waals surface area contributed by atoms with E-state index in [0.29, 0.717) is 18.6 Å². The first-order valence-corrected chi connectivity index (χ1v) is 9.61. The molecule has 1 aromatic heterocycles. The van der Waals surface area contributed by atoms with Crippen LogP contribution in [-0.4, -0.2) is 23.5 Å². The van der Waals surface area contributed by atoms with E-state index in [-0.39, 0.29) is 24.1 Å². The predicted molar refractivity (Wildman–Crippen MR) is 106 cm³/mol. The lowest BCUT2D eigenvalue weighted by atomic mass is 10.0. The van der Waals surface area contributed by atoms with Gasteiger partial charge in [0.15, 0.2) is 0 Å². The molecule has 0 aliphatic heterocycles. The Morgan fingerprint density at radius 2 is 1.66 bits per heavy atom. The molecular weight excluding hydrogens is 438 g/mol. The van der Waals surface area contributed by atoms with E-state index in [1.807, 2.05) is 24.3 Å². The van der Waals surface area contributed by atoms with E-state index in [4.69, 9.17) is 4.74 Å². The zero-order valence-electron chi connectivity index (χ0n) is 16.9. The number of rotatable bonds is 7. The van der Waals surface area contributed by atoms with Crippen molar-refractivity contribution in [3.8, 4) is 0 Å². The van der Waals surface area contributed by atoms with Gasteiger partial charge >= 0.3 is 12.4 Å². The van der Waals surface area contributed by atoms with E-state index in [1.54, 1.807) is 6.20 Å². The highest BCUT2D eigenvalue weighted by Crippen LogP contribution is 2.36. The number of fused-ring (bicyclic) bond motifs is 1. The summed E-state index contributed by atoms with van der Waals surface area (Å²) < 4.78 is 83.5. The predicted octanol–water partition coefficient (Wildman–Crippen LogP) is 5.47. The third kappa shape index (κ3) is 6.03. The fourth-order valence-corrected chi connectivity index (χ4v) is 3.43. The molecule has 4 nitrogen and oxygen atoms in total. The van der Waals surface area contributed by atoms with Crippen molar-refractivity contribution in [2.24, 2.45) is 0 Å². The smallest absolute Gasteiger partial charge is 0.375 e. The fraction of sp³-hybridized carbons (Fsp3) is 0.318. The molecule has 0 aliphatic carbocycles. The first kappa shape index (κ1) is 23.6. The molecule has 1 amide bonds. The number of aromatic nitrogens is 1. The summed E-state index contributed by atoms with van der Waals surface area (Å²) in [5, 5.41) is 3.64. The number of para-hydroxylation sites is 1. The molecule has 0 radical (unpaired) electrons. The van der Waals surface area contributed by atoms with Crippen molar-refractivity contribution in [2.75, 3.05) is 6.61 Å². The molecule has 1 heterocycles. The van der Waals surface area contributed by atoms with Crippen LogP contribution in [0.4, 0.5) is 26.3 Å². The van der Waals surface area contributed by atoms with E-state index in [2.05, 4.69) is 10.3 Å². The van der Waals surface area contributed by atoms with Crippen LogP contribution >= 0.6 is 0 Å². The summed E-state index contributed by atoms with van der Waals surface area (Å²) in [4.78, 5) is 14.7. The number of nitrogens with one attached hydrogen (secondary N) is 2. The molecule has 32 heavy (non-hydrogen) atoms. The normalized spacial score (nSPS) is 13.3. The molecule has 3 rings (SSSR count). The van der Waals surface area contributed by atoms with Crippen molar-refractivity contribution < 1.29 is 35.9 Å². The number of carbonyl (C=O) groups excluding carboxylic acids is 1. The Kier molecular flexibility index (Phi) is 6.82. The van der Waals surface area contributed by atoms with Gasteiger partial charge in [-0.3, -0.25) is 4.79 Å². The lowest BCUT2D eigenvalue weighted by Gasteiger charge is -2.19. The van der Waals surface area contributed by atoms with Crippen LogP contribution in [0.25, 0.3) is 10.9 Å². The summed E-state index contributed by atoms with van der Waals surface area (Å²) in [6.07, 6.45) is -7.71. The third-order valence-electron chi connectivity index (χ3n) is 4.78. The molecule has 3 aromatic rings. The lowest BCUT2D eigenvalue weighted by molar-refractivity contribution is -0.143. The number of aromatic amines is 1. The van der Waals surface area contributed by atoms with Gasteiger partial charge in [0.25, 0.3) is 0 Å². The van der Waals surface area contributed by atoms with Crippen molar-refractivity contribution in [3.63, 3.8) is 0 Å². The maximum absolute atomic E-state index is 13.0. The topological polar surface area (TPSA) is 54.1 Å². The highest BCUT2D eigenvalue weighted by Gasteiger charge is 2.36. The van der Waals surface area contributed by atoms with E-state index in [0.717, 1.165) is 16.5 Å². The molecule has 0 fully saturated rings. The number of halogens is 6. The number of carbonyl (C=O) groups is 1. The molecule has 172 valence electrons. The molecule has 2 aromatic carbocycles. The number of ether oxygens (including phenoxy) is 1. The average molecular weight is 458 g/mol. The molecular formula is C22H20F6N2O2. The second-order valence-electron chi connectivity index (χ2n) is 7.39. The summed E-state index contributed by atoms with van der Waals surface area (Å²) in [5.74, 6) is -0.336. The van der Waals surface area contributed by atoms with Crippen molar-refractivity contribution in [2.45, 2.75) is 38.3 Å². The fourth-order valence-electron chi connectivity index (χ4n) is 3.43. The maximum Gasteiger partial charge on any atom is 0.416 e. The molecule has 10 heteroatoms. The van der Waals surface area contributed by atoms with Crippen LogP contribution in [0.1, 0.15) is 29.2 Å². The Hall–Kier alpha value is -3.01. The van der Waals surface area contributed by atoms with Crippen LogP contribution < -0.4 is 5.32 Å². The molecule has 0 aliphatic rings. The second-order valence-corrected chi connectivity index (χ2v) is 7.39. The zero-order chi connectivity index (χ0) is 23.5. The Labute approximate surface area is 179 Å². The van der Waals surface area contributed by atoms with Gasteiger partial charge in [0.1, 0.15) is 0 Å². The third-order valence-corrected chi connectivity index (χ3v) is 4.78. The molecule has 1 atom stereocenters. The van der Waals surface area contributed by atoms with E-state index < -0.39 is 36.1 Å². The summed E-state index contributed by atoms with van der Waals surface area (Å²) in [5.41, 5.74) is -1.28. The number of benzene rings is 2. The average Bonchev–Trinajstić information content (AvgIpc) is 3.09. The van der Waals surface area contributed by atoms with Gasteiger partial charge in [0.05, 0.1) is 30.4 Å². The van der Waals surface area contributed by atoms with Crippen LogP contribution in [0.15, 0.2) is 48.7 Å². The number of H-pyrrole nitrogens is 1. The molecule has 1 unspecified atom stereocenters. The monoisotopic (exact) mass is 458 g/mol. The highest BCUT2D eigenvalue weighted by molar-refractivity contribution is 5.83. The van der Waals surface area contributed by atoms with E-state index in [1.165, 1.54) is 6.92 Å².